The Labute approximate surface area is 572 Å². The Morgan fingerprint density at radius 2 is 0.736 bits per heavy atom. The van der Waals surface area contributed by atoms with Crippen LogP contribution in [0.15, 0.2) is 66.8 Å². The van der Waals surface area contributed by atoms with Crippen LogP contribution in [0.3, 0.4) is 0 Å². The fraction of sp³-hybridized carbons (Fsp3) is 0.718. The van der Waals surface area contributed by atoms with Gasteiger partial charge in [0.25, 0.3) is 0 Å². The molecule has 1 N–H and O–H groups in total. The molecule has 7 rings (SSSR count). The number of rotatable bonds is 0. The maximum absolute atomic E-state index is 4.47. The second-order valence-electron chi connectivity index (χ2n) is 39.2. The Morgan fingerprint density at radius 3 is 0.923 bits per heavy atom. The number of hydrogen-bond acceptors (Lipinski definition) is 9. The van der Waals surface area contributed by atoms with Gasteiger partial charge < -0.3 is 9.55 Å². The fourth-order valence-electron chi connectivity index (χ4n) is 7.45. The molecule has 0 bridgehead atoms. The lowest BCUT2D eigenvalue weighted by Gasteiger charge is -2.22. The average molecular weight is 1310 g/mol. The standard InChI is InChI=1S/C12H21N.2C12H20S.C11H20N2.C11H19NS.2C10H19N3/c1-11(2,3)10-7-8-13(9-10)12(4,5)6;1-11(2,3)9-7-10(13-8-9)12(4,5)6;1-11(2,3)9-7-8-10(13-9)12(4,5)6;2*1-10(2,3)8-7-12-9(13-8)11(4,5)6;2*1-9(2,3)8-7-13(12-11-8)10(4,5)6/h7-9H,1-6H3;2*7-8H,1-6H3;7H,1-6H3,(H,12,13);3*7H,1-6H3. The Balaban J connectivity index is 0.000000531. The van der Waals surface area contributed by atoms with Crippen molar-refractivity contribution < 1.29 is 0 Å². The second-order valence-corrected chi connectivity index (χ2v) is 42.2. The van der Waals surface area contributed by atoms with Gasteiger partial charge in [-0.1, -0.05) is 239 Å². The van der Waals surface area contributed by atoms with Crippen LogP contribution in [-0.2, 0) is 76.2 Å². The van der Waals surface area contributed by atoms with Crippen LogP contribution in [0.2, 0.25) is 0 Å². The summed E-state index contributed by atoms with van der Waals surface area (Å²) in [7, 11) is 0. The van der Waals surface area contributed by atoms with Gasteiger partial charge in [-0.2, -0.15) is 0 Å². The first kappa shape index (κ1) is 84.8. The van der Waals surface area contributed by atoms with E-state index in [1.807, 2.05) is 68.2 Å². The molecule has 0 saturated carbocycles. The minimum absolute atomic E-state index is 0.0243. The summed E-state index contributed by atoms with van der Waals surface area (Å²) in [6.07, 6.45) is 12.4. The van der Waals surface area contributed by atoms with Crippen molar-refractivity contribution in [2.24, 2.45) is 0 Å². The molecule has 7 heterocycles. The summed E-state index contributed by atoms with van der Waals surface area (Å²) in [5, 5.41) is 20.1. The normalized spacial score (nSPS) is 13.4. The van der Waals surface area contributed by atoms with Crippen LogP contribution in [0.25, 0.3) is 0 Å². The summed E-state index contributed by atoms with van der Waals surface area (Å²) in [6, 6.07) is 9.10. The first-order chi connectivity index (χ1) is 40.0. The summed E-state index contributed by atoms with van der Waals surface area (Å²) in [4.78, 5) is 18.1. The van der Waals surface area contributed by atoms with Crippen LogP contribution in [0.5, 0.6) is 0 Å². The van der Waals surface area contributed by atoms with Crippen LogP contribution in [0.1, 0.15) is 349 Å². The molecular weight excluding hydrogens is 1170 g/mol. The largest absolute Gasteiger partial charge is 0.349 e. The highest BCUT2D eigenvalue weighted by Gasteiger charge is 2.28. The van der Waals surface area contributed by atoms with Gasteiger partial charge in [0.2, 0.25) is 0 Å². The molecule has 91 heavy (non-hydrogen) atoms. The van der Waals surface area contributed by atoms with E-state index in [2.05, 4.69) is 373 Å². The minimum Gasteiger partial charge on any atom is -0.349 e. The first-order valence-electron chi connectivity index (χ1n) is 33.3. The Kier molecular flexibility index (Phi) is 28.2. The van der Waals surface area contributed by atoms with E-state index in [0.29, 0.717) is 21.7 Å². The van der Waals surface area contributed by atoms with Gasteiger partial charge in [-0.15, -0.1) is 44.2 Å². The minimum atomic E-state index is 0.0243. The van der Waals surface area contributed by atoms with Gasteiger partial charge in [0.05, 0.1) is 27.5 Å². The molecule has 0 atom stereocenters. The van der Waals surface area contributed by atoms with E-state index >= 15 is 0 Å². The van der Waals surface area contributed by atoms with Crippen molar-refractivity contribution in [2.75, 3.05) is 0 Å². The predicted molar refractivity (Wildman–Crippen MR) is 405 cm³/mol. The van der Waals surface area contributed by atoms with Gasteiger partial charge in [0, 0.05) is 95.0 Å². The maximum Gasteiger partial charge on any atom is 0.111 e. The predicted octanol–water partition coefficient (Wildman–Crippen LogP) is 23.6. The number of H-pyrrole nitrogens is 1. The molecular formula is C78H138N10S3. The van der Waals surface area contributed by atoms with Gasteiger partial charge in [-0.25, -0.2) is 19.3 Å². The number of hydrogen-bond donors (Lipinski definition) is 1. The number of nitrogens with one attached hydrogen (secondary N) is 1. The van der Waals surface area contributed by atoms with Crippen LogP contribution >= 0.6 is 34.0 Å². The number of imidazole rings is 1. The fourth-order valence-corrected chi connectivity index (χ4v) is 10.8. The average Bonchev–Trinajstić information content (AvgIpc) is 1.87. The van der Waals surface area contributed by atoms with Gasteiger partial charge in [-0.3, -0.25) is 0 Å². The molecule has 0 aliphatic carbocycles. The van der Waals surface area contributed by atoms with Gasteiger partial charge in [0.1, 0.15) is 5.82 Å². The summed E-state index contributed by atoms with van der Waals surface area (Å²) >= 11 is 5.67. The molecule has 0 aliphatic heterocycles. The first-order valence-corrected chi connectivity index (χ1v) is 35.8. The Morgan fingerprint density at radius 1 is 0.341 bits per heavy atom. The molecule has 7 aromatic heterocycles. The molecule has 0 spiro atoms. The van der Waals surface area contributed by atoms with E-state index < -0.39 is 0 Å². The summed E-state index contributed by atoms with van der Waals surface area (Å²) in [5.74, 6) is 1.07. The van der Waals surface area contributed by atoms with Crippen LogP contribution in [0.4, 0.5) is 0 Å². The van der Waals surface area contributed by atoms with E-state index in [9.17, 15) is 0 Å². The lowest BCUT2D eigenvalue weighted by Crippen LogP contribution is -2.22. The zero-order valence-corrected chi connectivity index (χ0v) is 69.1. The van der Waals surface area contributed by atoms with Crippen LogP contribution in [0, 0.1) is 0 Å². The zero-order chi connectivity index (χ0) is 71.9. The third kappa shape index (κ3) is 29.5. The Bertz CT molecular complexity index is 2410. The summed E-state index contributed by atoms with van der Waals surface area (Å²) in [6.45, 7) is 92.6. The van der Waals surface area contributed by atoms with Crippen molar-refractivity contribution in [3.63, 3.8) is 0 Å². The smallest absolute Gasteiger partial charge is 0.111 e. The monoisotopic (exact) mass is 1310 g/mol. The van der Waals surface area contributed by atoms with E-state index in [4.69, 9.17) is 0 Å². The van der Waals surface area contributed by atoms with E-state index in [-0.39, 0.29) is 54.5 Å². The number of thiophene rings is 2. The van der Waals surface area contributed by atoms with Crippen LogP contribution in [-0.4, -0.2) is 49.5 Å². The summed E-state index contributed by atoms with van der Waals surface area (Å²) < 4.78 is 6.09. The molecule has 518 valence electrons. The van der Waals surface area contributed by atoms with E-state index in [1.54, 1.807) is 0 Å². The van der Waals surface area contributed by atoms with Gasteiger partial charge in [-0.05, 0) is 136 Å². The van der Waals surface area contributed by atoms with Crippen molar-refractivity contribution in [3.05, 3.63) is 125 Å². The highest BCUT2D eigenvalue weighted by molar-refractivity contribution is 7.12. The molecule has 0 fully saturated rings. The van der Waals surface area contributed by atoms with E-state index in [1.165, 1.54) is 41.3 Å². The van der Waals surface area contributed by atoms with Gasteiger partial charge in [0.15, 0.2) is 0 Å². The number of thiazole rings is 1. The second kappa shape index (κ2) is 30.3. The molecule has 0 unspecified atom stereocenters. The third-order valence-electron chi connectivity index (χ3n) is 14.5. The Hall–Kier alpha value is -4.20. The zero-order valence-electron chi connectivity index (χ0n) is 66.6. The highest BCUT2D eigenvalue weighted by Crippen LogP contribution is 2.37. The number of nitrogens with zero attached hydrogens (tertiary/aromatic N) is 9. The molecule has 7 aromatic rings. The molecule has 0 saturated heterocycles. The van der Waals surface area contributed by atoms with Crippen molar-refractivity contribution in [3.8, 4) is 0 Å². The highest BCUT2D eigenvalue weighted by atomic mass is 32.1. The molecule has 0 radical (unpaired) electrons. The molecule has 0 aromatic carbocycles. The third-order valence-corrected chi connectivity index (χ3v) is 19.6. The lowest BCUT2D eigenvalue weighted by molar-refractivity contribution is 0.346. The van der Waals surface area contributed by atoms with Crippen molar-refractivity contribution in [1.82, 2.24) is 49.5 Å². The number of aromatic nitrogens is 10. The molecule has 13 heteroatoms. The van der Waals surface area contributed by atoms with E-state index in [0.717, 1.165) is 17.2 Å². The molecule has 0 aliphatic rings. The van der Waals surface area contributed by atoms with Crippen molar-refractivity contribution >= 4 is 34.0 Å². The van der Waals surface area contributed by atoms with Crippen molar-refractivity contribution in [1.29, 1.82) is 0 Å². The maximum atomic E-state index is 4.47. The molecule has 0 amide bonds. The van der Waals surface area contributed by atoms with Gasteiger partial charge >= 0.3 is 0 Å². The molecule has 10 nitrogen and oxygen atoms in total. The topological polar surface area (TPSA) is 108 Å². The lowest BCUT2D eigenvalue weighted by atomic mass is 9.87. The SMILES string of the molecule is CC(C)(C)c1ccc(C(C)(C)C)s1.CC(C)(C)c1ccn(C(C)(C)C)c1.CC(C)(C)c1cn(C(C)(C)C)nn1.CC(C)(C)c1cn(C(C)(C)C)nn1.CC(C)(C)c1cnc(C(C)(C)C)[nH]1.CC(C)(C)c1cnc(C(C)(C)C)s1.CC(C)(C)c1csc(C(C)(C)C)c1. The quantitative estimate of drug-likeness (QED) is 0.162. The van der Waals surface area contributed by atoms with Crippen molar-refractivity contribution in [2.45, 2.75) is 367 Å². The summed E-state index contributed by atoms with van der Waals surface area (Å²) in [5.41, 5.74) is 8.73. The number of aromatic amines is 1. The van der Waals surface area contributed by atoms with Crippen LogP contribution < -0.4 is 0 Å².